The highest BCUT2D eigenvalue weighted by molar-refractivity contribution is 6.30. The molecule has 0 N–H and O–H groups in total. The van der Waals surface area contributed by atoms with E-state index in [1.807, 2.05) is 31.2 Å². The Hall–Kier alpha value is -2.86. The minimum absolute atomic E-state index is 0.137. The van der Waals surface area contributed by atoms with E-state index in [2.05, 4.69) is 10.3 Å². The number of aromatic nitrogens is 3. The van der Waals surface area contributed by atoms with E-state index in [0.29, 0.717) is 23.1 Å². The Bertz CT molecular complexity index is 907. The van der Waals surface area contributed by atoms with Gasteiger partial charge in [0, 0.05) is 5.02 Å². The van der Waals surface area contributed by atoms with Crippen molar-refractivity contribution in [3.05, 3.63) is 70.5 Å². The first kappa shape index (κ1) is 17.9. The van der Waals surface area contributed by atoms with E-state index in [9.17, 15) is 4.79 Å². The summed E-state index contributed by atoms with van der Waals surface area (Å²) in [6, 6.07) is 14.6. The van der Waals surface area contributed by atoms with Crippen LogP contribution in [0.5, 0.6) is 5.75 Å². The van der Waals surface area contributed by atoms with Crippen LogP contribution in [0.3, 0.4) is 0 Å². The van der Waals surface area contributed by atoms with E-state index >= 15 is 0 Å². The maximum absolute atomic E-state index is 12.4. The fourth-order valence-electron chi connectivity index (χ4n) is 2.45. The van der Waals surface area contributed by atoms with Gasteiger partial charge >= 0.3 is 5.97 Å². The average molecular weight is 372 g/mol. The number of rotatable bonds is 6. The first-order chi connectivity index (χ1) is 12.6. The third kappa shape index (κ3) is 3.86. The molecule has 0 aliphatic heterocycles. The lowest BCUT2D eigenvalue weighted by atomic mass is 10.2. The standard InChI is InChI=1S/C19H18ClN3O3/c1-3-25-17-7-5-4-6-16(17)23-13(2)18(21-22-23)19(24)26-12-14-8-10-15(20)11-9-14/h4-11H,3,12H2,1-2H3. The molecule has 0 radical (unpaired) electrons. The number of ether oxygens (including phenoxy) is 2. The molecule has 0 aliphatic rings. The van der Waals surface area contributed by atoms with E-state index in [1.165, 1.54) is 0 Å². The van der Waals surface area contributed by atoms with Crippen molar-refractivity contribution in [3.63, 3.8) is 0 Å². The molecular weight excluding hydrogens is 354 g/mol. The predicted molar refractivity (Wildman–Crippen MR) is 97.8 cm³/mol. The molecule has 0 fully saturated rings. The molecule has 0 bridgehead atoms. The van der Waals surface area contributed by atoms with Crippen molar-refractivity contribution in [1.29, 1.82) is 0 Å². The molecule has 7 heteroatoms. The van der Waals surface area contributed by atoms with Crippen LogP contribution in [0.25, 0.3) is 5.69 Å². The molecule has 0 amide bonds. The Morgan fingerprint density at radius 3 is 2.62 bits per heavy atom. The second-order valence-electron chi connectivity index (χ2n) is 5.54. The number of halogens is 1. The van der Waals surface area contributed by atoms with Crippen LogP contribution in [0, 0.1) is 6.92 Å². The zero-order chi connectivity index (χ0) is 18.5. The minimum atomic E-state index is -0.530. The number of esters is 1. The van der Waals surface area contributed by atoms with Crippen molar-refractivity contribution in [3.8, 4) is 11.4 Å². The van der Waals surface area contributed by atoms with Gasteiger partial charge in [0.15, 0.2) is 5.69 Å². The molecule has 1 aromatic heterocycles. The zero-order valence-electron chi connectivity index (χ0n) is 14.5. The van der Waals surface area contributed by atoms with Crippen molar-refractivity contribution < 1.29 is 14.3 Å². The van der Waals surface area contributed by atoms with Gasteiger partial charge in [0.05, 0.1) is 12.3 Å². The summed E-state index contributed by atoms with van der Waals surface area (Å²) in [4.78, 5) is 12.4. The van der Waals surface area contributed by atoms with E-state index in [4.69, 9.17) is 21.1 Å². The molecule has 0 spiro atoms. The summed E-state index contributed by atoms with van der Waals surface area (Å²) < 4.78 is 12.5. The first-order valence-electron chi connectivity index (χ1n) is 8.16. The molecule has 0 atom stereocenters. The topological polar surface area (TPSA) is 66.2 Å². The molecule has 0 saturated heterocycles. The molecule has 0 aliphatic carbocycles. The first-order valence-corrected chi connectivity index (χ1v) is 8.54. The maximum atomic E-state index is 12.4. The van der Waals surface area contributed by atoms with Crippen molar-refractivity contribution in [2.75, 3.05) is 6.61 Å². The summed E-state index contributed by atoms with van der Waals surface area (Å²) in [6.45, 7) is 4.34. The van der Waals surface area contributed by atoms with Crippen molar-refractivity contribution >= 4 is 17.6 Å². The Labute approximate surface area is 156 Å². The Morgan fingerprint density at radius 1 is 1.15 bits per heavy atom. The van der Waals surface area contributed by atoms with Crippen LogP contribution >= 0.6 is 11.6 Å². The molecule has 134 valence electrons. The van der Waals surface area contributed by atoms with E-state index in [1.54, 1.807) is 35.9 Å². The SMILES string of the molecule is CCOc1ccccc1-n1nnc(C(=O)OCc2ccc(Cl)cc2)c1C. The van der Waals surface area contributed by atoms with Crippen LogP contribution in [0.1, 0.15) is 28.7 Å². The lowest BCUT2D eigenvalue weighted by Crippen LogP contribution is -2.09. The second kappa shape index (κ2) is 8.01. The summed E-state index contributed by atoms with van der Waals surface area (Å²) in [5.74, 6) is 0.140. The van der Waals surface area contributed by atoms with Gasteiger partial charge < -0.3 is 9.47 Å². The monoisotopic (exact) mass is 371 g/mol. The lowest BCUT2D eigenvalue weighted by molar-refractivity contribution is 0.0464. The number of para-hydroxylation sites is 2. The van der Waals surface area contributed by atoms with E-state index in [-0.39, 0.29) is 12.3 Å². The summed E-state index contributed by atoms with van der Waals surface area (Å²) in [5.41, 5.74) is 2.31. The Kier molecular flexibility index (Phi) is 5.53. The summed E-state index contributed by atoms with van der Waals surface area (Å²) >= 11 is 5.85. The molecule has 0 unspecified atom stereocenters. The number of carbonyl (C=O) groups is 1. The largest absolute Gasteiger partial charge is 0.492 e. The number of hydrogen-bond acceptors (Lipinski definition) is 5. The highest BCUT2D eigenvalue weighted by Gasteiger charge is 2.20. The molecule has 6 nitrogen and oxygen atoms in total. The van der Waals surface area contributed by atoms with Gasteiger partial charge in [0.25, 0.3) is 0 Å². The fourth-order valence-corrected chi connectivity index (χ4v) is 2.58. The predicted octanol–water partition coefficient (Wildman–Crippen LogP) is 3.98. The van der Waals surface area contributed by atoms with Crippen LogP contribution in [-0.2, 0) is 11.3 Å². The van der Waals surface area contributed by atoms with Crippen LogP contribution in [0.2, 0.25) is 5.02 Å². The van der Waals surface area contributed by atoms with Gasteiger partial charge in [0.1, 0.15) is 18.0 Å². The van der Waals surface area contributed by atoms with Gasteiger partial charge in [-0.3, -0.25) is 0 Å². The van der Waals surface area contributed by atoms with Crippen molar-refractivity contribution in [2.45, 2.75) is 20.5 Å². The highest BCUT2D eigenvalue weighted by atomic mass is 35.5. The molecule has 2 aromatic carbocycles. The van der Waals surface area contributed by atoms with E-state index < -0.39 is 5.97 Å². The zero-order valence-corrected chi connectivity index (χ0v) is 15.2. The van der Waals surface area contributed by atoms with Crippen LogP contribution in [0.4, 0.5) is 0 Å². The van der Waals surface area contributed by atoms with Gasteiger partial charge in [-0.2, -0.15) is 0 Å². The summed E-state index contributed by atoms with van der Waals surface area (Å²) in [7, 11) is 0. The minimum Gasteiger partial charge on any atom is -0.492 e. The Balaban J connectivity index is 1.78. The van der Waals surface area contributed by atoms with Gasteiger partial charge in [-0.25, -0.2) is 9.48 Å². The third-order valence-electron chi connectivity index (χ3n) is 3.76. The Morgan fingerprint density at radius 2 is 1.88 bits per heavy atom. The normalized spacial score (nSPS) is 10.6. The highest BCUT2D eigenvalue weighted by Crippen LogP contribution is 2.24. The summed E-state index contributed by atoms with van der Waals surface area (Å²) in [5, 5.41) is 8.70. The lowest BCUT2D eigenvalue weighted by Gasteiger charge is -2.10. The number of hydrogen-bond donors (Lipinski definition) is 0. The molecule has 1 heterocycles. The smallest absolute Gasteiger partial charge is 0.361 e. The van der Waals surface area contributed by atoms with Crippen LogP contribution < -0.4 is 4.74 Å². The van der Waals surface area contributed by atoms with Crippen LogP contribution in [-0.4, -0.2) is 27.6 Å². The van der Waals surface area contributed by atoms with E-state index in [0.717, 1.165) is 11.3 Å². The molecular formula is C19H18ClN3O3. The molecule has 0 saturated carbocycles. The number of benzene rings is 2. The fraction of sp³-hybridized carbons (Fsp3) is 0.211. The molecule has 3 aromatic rings. The quantitative estimate of drug-likeness (QED) is 0.613. The van der Waals surface area contributed by atoms with Gasteiger partial charge in [-0.1, -0.05) is 41.1 Å². The average Bonchev–Trinajstić information content (AvgIpc) is 3.03. The molecule has 26 heavy (non-hydrogen) atoms. The van der Waals surface area contributed by atoms with Gasteiger partial charge in [0.2, 0.25) is 0 Å². The van der Waals surface area contributed by atoms with Gasteiger partial charge in [-0.15, -0.1) is 5.10 Å². The van der Waals surface area contributed by atoms with Crippen LogP contribution in [0.15, 0.2) is 48.5 Å². The number of nitrogens with zero attached hydrogens (tertiary/aromatic N) is 3. The maximum Gasteiger partial charge on any atom is 0.361 e. The van der Waals surface area contributed by atoms with Crippen molar-refractivity contribution in [1.82, 2.24) is 15.0 Å². The van der Waals surface area contributed by atoms with Gasteiger partial charge in [-0.05, 0) is 43.7 Å². The third-order valence-corrected chi connectivity index (χ3v) is 4.02. The number of carbonyl (C=O) groups excluding carboxylic acids is 1. The molecule has 3 rings (SSSR count). The van der Waals surface area contributed by atoms with Crippen molar-refractivity contribution in [2.24, 2.45) is 0 Å². The summed E-state index contributed by atoms with van der Waals surface area (Å²) in [6.07, 6.45) is 0. The second-order valence-corrected chi connectivity index (χ2v) is 5.98.